The molecule has 1 fully saturated rings. The number of hydrogen-bond donors (Lipinski definition) is 2. The normalized spacial score (nSPS) is 15.5. The Morgan fingerprint density at radius 1 is 1.12 bits per heavy atom. The van der Waals surface area contributed by atoms with Crippen LogP contribution in [0.5, 0.6) is 0 Å². The number of carbonyl (C=O) groups excluding carboxylic acids is 2. The van der Waals surface area contributed by atoms with Crippen LogP contribution >= 0.6 is 0 Å². The van der Waals surface area contributed by atoms with Gasteiger partial charge >= 0.3 is 0 Å². The third-order valence-electron chi connectivity index (χ3n) is 4.57. The highest BCUT2D eigenvalue weighted by molar-refractivity contribution is 5.93. The van der Waals surface area contributed by atoms with Crippen molar-refractivity contribution in [1.29, 1.82) is 0 Å². The maximum absolute atomic E-state index is 12.4. The first-order valence-corrected chi connectivity index (χ1v) is 9.03. The molecule has 0 spiro atoms. The van der Waals surface area contributed by atoms with E-state index in [4.69, 9.17) is 0 Å². The molecule has 0 unspecified atom stereocenters. The predicted octanol–water partition coefficient (Wildman–Crippen LogP) is 0.917. The first-order valence-electron chi connectivity index (χ1n) is 9.03. The summed E-state index contributed by atoms with van der Waals surface area (Å²) >= 11 is 0. The maximum Gasteiger partial charge on any atom is 0.257 e. The van der Waals surface area contributed by atoms with Crippen LogP contribution in [-0.4, -0.2) is 71.1 Å². The lowest BCUT2D eigenvalue weighted by molar-refractivity contribution is -0.122. The van der Waals surface area contributed by atoms with Gasteiger partial charge in [-0.05, 0) is 18.4 Å². The lowest BCUT2D eigenvalue weighted by Gasteiger charge is -2.21. The second kappa shape index (κ2) is 9.15. The van der Waals surface area contributed by atoms with Gasteiger partial charge in [0.05, 0.1) is 18.3 Å². The number of nitrogens with one attached hydrogen (secondary N) is 2. The number of H-pyrrole nitrogens is 1. The van der Waals surface area contributed by atoms with Crippen molar-refractivity contribution in [2.75, 3.05) is 39.3 Å². The number of rotatable bonds is 6. The number of aromatic amines is 1. The van der Waals surface area contributed by atoms with Gasteiger partial charge in [0.15, 0.2) is 0 Å². The first kappa shape index (κ1) is 18.1. The fraction of sp³-hybridized carbons (Fsp3) is 0.421. The zero-order valence-corrected chi connectivity index (χ0v) is 14.9. The molecule has 7 nitrogen and oxygen atoms in total. The second-order valence-electron chi connectivity index (χ2n) is 6.49. The molecule has 3 rings (SSSR count). The Bertz CT molecular complexity index is 702. The second-order valence-corrected chi connectivity index (χ2v) is 6.49. The van der Waals surface area contributed by atoms with Gasteiger partial charge in [0.1, 0.15) is 0 Å². The summed E-state index contributed by atoms with van der Waals surface area (Å²) in [7, 11) is 0. The van der Waals surface area contributed by atoms with Gasteiger partial charge in [-0.1, -0.05) is 30.3 Å². The Morgan fingerprint density at radius 2 is 1.96 bits per heavy atom. The van der Waals surface area contributed by atoms with Crippen LogP contribution < -0.4 is 5.32 Å². The maximum atomic E-state index is 12.4. The summed E-state index contributed by atoms with van der Waals surface area (Å²) < 4.78 is 0. The lowest BCUT2D eigenvalue weighted by Crippen LogP contribution is -2.40. The van der Waals surface area contributed by atoms with Gasteiger partial charge in [0.2, 0.25) is 5.91 Å². The van der Waals surface area contributed by atoms with E-state index in [1.165, 1.54) is 5.56 Å². The molecule has 7 heteroatoms. The van der Waals surface area contributed by atoms with Crippen molar-refractivity contribution in [1.82, 2.24) is 25.3 Å². The highest BCUT2D eigenvalue weighted by atomic mass is 16.2. The van der Waals surface area contributed by atoms with Crippen molar-refractivity contribution in [2.45, 2.75) is 12.8 Å². The van der Waals surface area contributed by atoms with Gasteiger partial charge in [-0.3, -0.25) is 19.6 Å². The summed E-state index contributed by atoms with van der Waals surface area (Å²) in [5, 5.41) is 9.48. The van der Waals surface area contributed by atoms with E-state index in [0.717, 1.165) is 19.4 Å². The molecule has 1 aliphatic heterocycles. The molecule has 1 saturated heterocycles. The number of aromatic nitrogens is 2. The number of hydrogen-bond acceptors (Lipinski definition) is 4. The fourth-order valence-electron chi connectivity index (χ4n) is 3.13. The quantitative estimate of drug-likeness (QED) is 0.807. The van der Waals surface area contributed by atoms with Crippen LogP contribution in [0.4, 0.5) is 0 Å². The standard InChI is InChI=1S/C19H25N5O2/c25-18(20-8-7-16-5-2-1-3-6-16)15-23-9-4-10-24(12-11-23)19(26)17-13-21-22-14-17/h1-3,5-6,13-14H,4,7-12,15H2,(H,20,25)(H,21,22). The molecule has 2 aromatic rings. The van der Waals surface area contributed by atoms with E-state index in [1.54, 1.807) is 12.4 Å². The number of benzene rings is 1. The molecule has 1 aromatic carbocycles. The van der Waals surface area contributed by atoms with Crippen molar-refractivity contribution in [2.24, 2.45) is 0 Å². The third kappa shape index (κ3) is 5.16. The van der Waals surface area contributed by atoms with E-state index in [9.17, 15) is 9.59 Å². The first-order chi connectivity index (χ1) is 12.7. The van der Waals surface area contributed by atoms with Crippen molar-refractivity contribution in [3.63, 3.8) is 0 Å². The minimum absolute atomic E-state index is 0.00656. The topological polar surface area (TPSA) is 81.3 Å². The Hall–Kier alpha value is -2.67. The molecule has 138 valence electrons. The van der Waals surface area contributed by atoms with E-state index in [2.05, 4.69) is 32.5 Å². The van der Waals surface area contributed by atoms with Gasteiger partial charge in [-0.25, -0.2) is 0 Å². The Labute approximate surface area is 153 Å². The molecule has 0 atom stereocenters. The largest absolute Gasteiger partial charge is 0.355 e. The molecule has 2 N–H and O–H groups in total. The fourth-order valence-corrected chi connectivity index (χ4v) is 3.13. The van der Waals surface area contributed by atoms with Crippen LogP contribution in [0.2, 0.25) is 0 Å². The van der Waals surface area contributed by atoms with Gasteiger partial charge in [-0.2, -0.15) is 5.10 Å². The average Bonchev–Trinajstić information content (AvgIpc) is 3.09. The number of amides is 2. The van der Waals surface area contributed by atoms with Crippen LogP contribution in [0.3, 0.4) is 0 Å². The van der Waals surface area contributed by atoms with Crippen LogP contribution in [-0.2, 0) is 11.2 Å². The minimum Gasteiger partial charge on any atom is -0.355 e. The lowest BCUT2D eigenvalue weighted by atomic mass is 10.1. The highest BCUT2D eigenvalue weighted by Crippen LogP contribution is 2.08. The highest BCUT2D eigenvalue weighted by Gasteiger charge is 2.21. The predicted molar refractivity (Wildman–Crippen MR) is 98.7 cm³/mol. The van der Waals surface area contributed by atoms with Crippen LogP contribution in [0.15, 0.2) is 42.7 Å². The molecule has 1 aromatic heterocycles. The van der Waals surface area contributed by atoms with Crippen LogP contribution in [0.1, 0.15) is 22.3 Å². The smallest absolute Gasteiger partial charge is 0.257 e. The molecule has 2 amide bonds. The Kier molecular flexibility index (Phi) is 6.38. The number of nitrogens with zero attached hydrogens (tertiary/aromatic N) is 3. The average molecular weight is 355 g/mol. The van der Waals surface area contributed by atoms with Gasteiger partial charge in [-0.15, -0.1) is 0 Å². The van der Waals surface area contributed by atoms with E-state index in [-0.39, 0.29) is 11.8 Å². The van der Waals surface area contributed by atoms with Gasteiger partial charge in [0.25, 0.3) is 5.91 Å². The van der Waals surface area contributed by atoms with E-state index in [1.807, 2.05) is 23.1 Å². The molecule has 26 heavy (non-hydrogen) atoms. The zero-order chi connectivity index (χ0) is 18.2. The summed E-state index contributed by atoms with van der Waals surface area (Å²) in [6.45, 7) is 3.87. The molecule has 1 aliphatic rings. The van der Waals surface area contributed by atoms with Crippen LogP contribution in [0, 0.1) is 0 Å². The molecule has 0 bridgehead atoms. The third-order valence-corrected chi connectivity index (χ3v) is 4.57. The number of carbonyl (C=O) groups is 2. The van der Waals surface area contributed by atoms with Crippen molar-refractivity contribution >= 4 is 11.8 Å². The summed E-state index contributed by atoms with van der Waals surface area (Å²) in [5.41, 5.74) is 1.80. The van der Waals surface area contributed by atoms with E-state index in [0.29, 0.717) is 38.3 Å². The minimum atomic E-state index is -0.00656. The zero-order valence-electron chi connectivity index (χ0n) is 14.9. The van der Waals surface area contributed by atoms with Crippen molar-refractivity contribution in [3.05, 3.63) is 53.9 Å². The Morgan fingerprint density at radius 3 is 2.73 bits per heavy atom. The molecule has 0 radical (unpaired) electrons. The SMILES string of the molecule is O=C(CN1CCCN(C(=O)c2cn[nH]c2)CC1)NCCc1ccccc1. The molecule has 2 heterocycles. The monoisotopic (exact) mass is 355 g/mol. The van der Waals surface area contributed by atoms with Crippen LogP contribution in [0.25, 0.3) is 0 Å². The molecular formula is C19H25N5O2. The molecule has 0 aliphatic carbocycles. The van der Waals surface area contributed by atoms with Gasteiger partial charge in [0, 0.05) is 38.9 Å². The van der Waals surface area contributed by atoms with E-state index >= 15 is 0 Å². The summed E-state index contributed by atoms with van der Waals surface area (Å²) in [6, 6.07) is 10.1. The van der Waals surface area contributed by atoms with Gasteiger partial charge < -0.3 is 10.2 Å². The molecular weight excluding hydrogens is 330 g/mol. The van der Waals surface area contributed by atoms with E-state index < -0.39 is 0 Å². The van der Waals surface area contributed by atoms with Crippen molar-refractivity contribution in [3.8, 4) is 0 Å². The molecule has 0 saturated carbocycles. The summed E-state index contributed by atoms with van der Waals surface area (Å²) in [6.07, 6.45) is 4.86. The van der Waals surface area contributed by atoms with Crippen molar-refractivity contribution < 1.29 is 9.59 Å². The summed E-state index contributed by atoms with van der Waals surface area (Å²) in [4.78, 5) is 28.5. The summed E-state index contributed by atoms with van der Waals surface area (Å²) in [5.74, 6) is 0.0310. The Balaban J connectivity index is 1.40.